The molecule has 3 heterocycles. The van der Waals surface area contributed by atoms with Crippen LogP contribution in [0, 0.1) is 5.82 Å². The molecule has 1 fully saturated rings. The average molecular weight is 356 g/mol. The first-order valence-corrected chi connectivity index (χ1v) is 9.27. The summed E-state index contributed by atoms with van der Waals surface area (Å²) in [5, 5.41) is 3.41. The molecule has 6 nitrogen and oxygen atoms in total. The van der Waals surface area contributed by atoms with Gasteiger partial charge in [-0.15, -0.1) is 0 Å². The van der Waals surface area contributed by atoms with E-state index < -0.39 is 0 Å². The molecule has 26 heavy (non-hydrogen) atoms. The lowest BCUT2D eigenvalue weighted by molar-refractivity contribution is 0.246. The Hall–Kier alpha value is -2.25. The molecule has 0 bridgehead atoms. The van der Waals surface area contributed by atoms with Crippen molar-refractivity contribution in [1.82, 2.24) is 20.2 Å². The predicted octanol–water partition coefficient (Wildman–Crippen LogP) is 1.21. The number of piperazine rings is 1. The molecule has 0 radical (unpaired) electrons. The van der Waals surface area contributed by atoms with Gasteiger partial charge in [0.2, 0.25) is 5.95 Å². The maximum absolute atomic E-state index is 13.9. The molecule has 0 aliphatic carbocycles. The van der Waals surface area contributed by atoms with Gasteiger partial charge in [0.1, 0.15) is 11.6 Å². The van der Waals surface area contributed by atoms with E-state index in [1.807, 2.05) is 12.1 Å². The Kier molecular flexibility index (Phi) is 4.99. The zero-order valence-electron chi connectivity index (χ0n) is 14.9. The number of benzene rings is 1. The van der Waals surface area contributed by atoms with Gasteiger partial charge in [0.15, 0.2) is 0 Å². The van der Waals surface area contributed by atoms with Crippen LogP contribution < -0.4 is 16.0 Å². The van der Waals surface area contributed by atoms with Gasteiger partial charge >= 0.3 is 0 Å². The number of anilines is 2. The van der Waals surface area contributed by atoms with Crippen molar-refractivity contribution >= 4 is 11.8 Å². The van der Waals surface area contributed by atoms with E-state index in [4.69, 9.17) is 5.73 Å². The molecule has 138 valence electrons. The Morgan fingerprint density at radius 2 is 1.81 bits per heavy atom. The third kappa shape index (κ3) is 3.64. The van der Waals surface area contributed by atoms with Crippen LogP contribution in [-0.2, 0) is 19.4 Å². The van der Waals surface area contributed by atoms with Gasteiger partial charge in [-0.25, -0.2) is 9.37 Å². The molecule has 0 amide bonds. The number of nitrogens with zero attached hydrogens (tertiary/aromatic N) is 4. The second kappa shape index (κ2) is 7.55. The lowest BCUT2D eigenvalue weighted by atomic mass is 10.1. The standard InChI is InChI=1S/C19H25FN6/c20-16-4-2-1-3-14(16)13-25-9-11-26(12-10-25)18-15-5-7-22-8-6-17(15)23-19(21)24-18/h1-4,22H,5-13H2,(H2,21,23,24). The zero-order chi connectivity index (χ0) is 17.9. The smallest absolute Gasteiger partial charge is 0.222 e. The van der Waals surface area contributed by atoms with Crippen molar-refractivity contribution in [3.8, 4) is 0 Å². The molecule has 0 unspecified atom stereocenters. The fourth-order valence-corrected chi connectivity index (χ4v) is 3.79. The third-order valence-corrected chi connectivity index (χ3v) is 5.20. The van der Waals surface area contributed by atoms with E-state index in [0.717, 1.165) is 69.2 Å². The lowest BCUT2D eigenvalue weighted by Crippen LogP contribution is -2.46. The SMILES string of the molecule is Nc1nc2c(c(N3CCN(Cc4ccccc4F)CC3)n1)CCNCC2. The molecule has 0 saturated carbocycles. The van der Waals surface area contributed by atoms with Crippen LogP contribution in [-0.4, -0.2) is 54.1 Å². The maximum Gasteiger partial charge on any atom is 0.222 e. The van der Waals surface area contributed by atoms with Crippen LogP contribution in [0.25, 0.3) is 0 Å². The molecule has 1 saturated heterocycles. The van der Waals surface area contributed by atoms with E-state index in [1.165, 1.54) is 11.6 Å². The minimum Gasteiger partial charge on any atom is -0.368 e. The number of rotatable bonds is 3. The van der Waals surface area contributed by atoms with Gasteiger partial charge in [-0.05, 0) is 19.0 Å². The van der Waals surface area contributed by atoms with Gasteiger partial charge in [0.05, 0.1) is 5.69 Å². The van der Waals surface area contributed by atoms with Gasteiger partial charge in [-0.1, -0.05) is 18.2 Å². The lowest BCUT2D eigenvalue weighted by Gasteiger charge is -2.36. The van der Waals surface area contributed by atoms with E-state index in [0.29, 0.717) is 12.5 Å². The molecule has 1 aromatic heterocycles. The second-order valence-electron chi connectivity index (χ2n) is 6.94. The predicted molar refractivity (Wildman–Crippen MR) is 101 cm³/mol. The van der Waals surface area contributed by atoms with Gasteiger partial charge in [-0.2, -0.15) is 4.98 Å². The van der Waals surface area contributed by atoms with E-state index in [9.17, 15) is 4.39 Å². The highest BCUT2D eigenvalue weighted by atomic mass is 19.1. The summed E-state index contributed by atoms with van der Waals surface area (Å²) in [6, 6.07) is 7.01. The van der Waals surface area contributed by atoms with Crippen molar-refractivity contribution in [3.05, 3.63) is 46.9 Å². The topological polar surface area (TPSA) is 70.3 Å². The summed E-state index contributed by atoms with van der Waals surface area (Å²) >= 11 is 0. The second-order valence-corrected chi connectivity index (χ2v) is 6.94. The number of halogens is 1. The minimum atomic E-state index is -0.128. The molecule has 1 aromatic carbocycles. The summed E-state index contributed by atoms with van der Waals surface area (Å²) in [4.78, 5) is 13.6. The van der Waals surface area contributed by atoms with Crippen LogP contribution >= 0.6 is 0 Å². The summed E-state index contributed by atoms with van der Waals surface area (Å²) in [7, 11) is 0. The Labute approximate surface area is 153 Å². The molecule has 2 aliphatic rings. The monoisotopic (exact) mass is 356 g/mol. The first-order chi connectivity index (χ1) is 12.7. The van der Waals surface area contributed by atoms with Crippen LogP contribution in [0.5, 0.6) is 0 Å². The van der Waals surface area contributed by atoms with Gasteiger partial charge < -0.3 is 16.0 Å². The first kappa shape index (κ1) is 17.2. The Morgan fingerprint density at radius 3 is 2.62 bits per heavy atom. The summed E-state index contributed by atoms with van der Waals surface area (Å²) in [5.41, 5.74) is 9.03. The van der Waals surface area contributed by atoms with Crippen molar-refractivity contribution in [1.29, 1.82) is 0 Å². The number of hydrogen-bond acceptors (Lipinski definition) is 6. The quantitative estimate of drug-likeness (QED) is 0.861. The van der Waals surface area contributed by atoms with Crippen molar-refractivity contribution in [2.24, 2.45) is 0 Å². The summed E-state index contributed by atoms with van der Waals surface area (Å²) < 4.78 is 13.9. The Balaban J connectivity index is 1.47. The fourth-order valence-electron chi connectivity index (χ4n) is 3.79. The fraction of sp³-hybridized carbons (Fsp3) is 0.474. The third-order valence-electron chi connectivity index (χ3n) is 5.20. The molecule has 0 spiro atoms. The highest BCUT2D eigenvalue weighted by Gasteiger charge is 2.24. The molecule has 2 aromatic rings. The average Bonchev–Trinajstić information content (AvgIpc) is 2.89. The maximum atomic E-state index is 13.9. The van der Waals surface area contributed by atoms with Crippen LogP contribution in [0.15, 0.2) is 24.3 Å². The van der Waals surface area contributed by atoms with Crippen molar-refractivity contribution in [2.75, 3.05) is 49.9 Å². The largest absolute Gasteiger partial charge is 0.368 e. The summed E-state index contributed by atoms with van der Waals surface area (Å²) in [6.45, 7) is 6.01. The number of nitrogens with two attached hydrogens (primary N) is 1. The highest BCUT2D eigenvalue weighted by Crippen LogP contribution is 2.25. The summed E-state index contributed by atoms with van der Waals surface area (Å²) in [6.07, 6.45) is 1.82. The number of fused-ring (bicyclic) bond motifs is 1. The summed E-state index contributed by atoms with van der Waals surface area (Å²) in [5.74, 6) is 1.22. The van der Waals surface area contributed by atoms with Crippen LogP contribution in [0.3, 0.4) is 0 Å². The first-order valence-electron chi connectivity index (χ1n) is 9.27. The molecule has 3 N–H and O–H groups in total. The highest BCUT2D eigenvalue weighted by molar-refractivity contribution is 5.53. The van der Waals surface area contributed by atoms with Crippen molar-refractivity contribution in [2.45, 2.75) is 19.4 Å². The molecular formula is C19H25FN6. The van der Waals surface area contributed by atoms with Gasteiger partial charge in [-0.3, -0.25) is 4.90 Å². The Bertz CT molecular complexity index is 773. The normalized spacial score (nSPS) is 18.4. The molecule has 4 rings (SSSR count). The van der Waals surface area contributed by atoms with E-state index >= 15 is 0 Å². The van der Waals surface area contributed by atoms with E-state index in [2.05, 4.69) is 25.1 Å². The molecule has 2 aliphatic heterocycles. The number of nitrogens with one attached hydrogen (secondary N) is 1. The van der Waals surface area contributed by atoms with E-state index in [1.54, 1.807) is 6.07 Å². The van der Waals surface area contributed by atoms with Crippen LogP contribution in [0.4, 0.5) is 16.2 Å². The number of nitrogen functional groups attached to an aromatic ring is 1. The van der Waals surface area contributed by atoms with Crippen LogP contribution in [0.2, 0.25) is 0 Å². The van der Waals surface area contributed by atoms with Crippen LogP contribution in [0.1, 0.15) is 16.8 Å². The minimum absolute atomic E-state index is 0.128. The number of aromatic nitrogens is 2. The molecule has 0 atom stereocenters. The van der Waals surface area contributed by atoms with Crippen molar-refractivity contribution < 1.29 is 4.39 Å². The Morgan fingerprint density at radius 1 is 1.04 bits per heavy atom. The zero-order valence-corrected chi connectivity index (χ0v) is 14.9. The number of hydrogen-bond donors (Lipinski definition) is 2. The van der Waals surface area contributed by atoms with Gasteiger partial charge in [0, 0.05) is 56.8 Å². The molecular weight excluding hydrogens is 331 g/mol. The van der Waals surface area contributed by atoms with Crippen molar-refractivity contribution in [3.63, 3.8) is 0 Å². The molecule has 7 heteroatoms. The van der Waals surface area contributed by atoms with Gasteiger partial charge in [0.25, 0.3) is 0 Å². The van der Waals surface area contributed by atoms with E-state index in [-0.39, 0.29) is 5.82 Å².